The number of amides is 2. The minimum absolute atomic E-state index is 0.101. The number of nitrogens with zero attached hydrogens (tertiary/aromatic N) is 2. The Morgan fingerprint density at radius 2 is 1.80 bits per heavy atom. The molecular weight excluding hydrogens is 384 g/mol. The molecule has 0 saturated carbocycles. The minimum Gasteiger partial charge on any atom is -0.497 e. The maximum Gasteiger partial charge on any atom is 0.254 e. The summed E-state index contributed by atoms with van der Waals surface area (Å²) >= 11 is 0. The normalized spacial score (nSPS) is 24.1. The van der Waals surface area contributed by atoms with Crippen LogP contribution in [0.4, 0.5) is 0 Å². The average Bonchev–Trinajstić information content (AvgIpc) is 2.79. The minimum atomic E-state index is -0.342. The molecule has 3 aliphatic rings. The highest BCUT2D eigenvalue weighted by atomic mass is 16.5. The summed E-state index contributed by atoms with van der Waals surface area (Å²) in [6, 6.07) is 8.05. The zero-order valence-electron chi connectivity index (χ0n) is 18.0. The zero-order chi connectivity index (χ0) is 21.1. The van der Waals surface area contributed by atoms with E-state index >= 15 is 0 Å². The second-order valence-electron chi connectivity index (χ2n) is 8.50. The number of benzene rings is 1. The maximum absolute atomic E-state index is 12.8. The van der Waals surface area contributed by atoms with Gasteiger partial charge in [0.05, 0.1) is 12.6 Å². The Hall–Kier alpha value is -2.12. The molecule has 0 N–H and O–H groups in total. The summed E-state index contributed by atoms with van der Waals surface area (Å²) in [6.45, 7) is 2.76. The van der Waals surface area contributed by atoms with Gasteiger partial charge in [0.25, 0.3) is 5.91 Å². The number of piperidine rings is 1. The number of hydrogen-bond acceptors (Lipinski definition) is 5. The van der Waals surface area contributed by atoms with E-state index in [-0.39, 0.29) is 29.5 Å². The van der Waals surface area contributed by atoms with Gasteiger partial charge < -0.3 is 24.0 Å². The van der Waals surface area contributed by atoms with E-state index in [1.807, 2.05) is 29.2 Å². The molecular formula is C23H32N2O5. The molecule has 4 rings (SSSR count). The molecule has 7 heteroatoms. The van der Waals surface area contributed by atoms with Gasteiger partial charge in [-0.25, -0.2) is 0 Å². The van der Waals surface area contributed by atoms with Gasteiger partial charge >= 0.3 is 0 Å². The van der Waals surface area contributed by atoms with Crippen LogP contribution in [-0.2, 0) is 25.5 Å². The topological polar surface area (TPSA) is 68.3 Å². The van der Waals surface area contributed by atoms with Crippen LogP contribution in [0.5, 0.6) is 5.75 Å². The Kier molecular flexibility index (Phi) is 6.29. The summed E-state index contributed by atoms with van der Waals surface area (Å²) in [6.07, 6.45) is 4.22. The maximum atomic E-state index is 12.8. The predicted octanol–water partition coefficient (Wildman–Crippen LogP) is 2.03. The number of rotatable bonds is 6. The molecule has 30 heavy (non-hydrogen) atoms. The first-order valence-electron chi connectivity index (χ1n) is 10.9. The number of carbonyl (C=O) groups is 2. The van der Waals surface area contributed by atoms with Crippen molar-refractivity contribution in [3.8, 4) is 5.75 Å². The third-order valence-electron chi connectivity index (χ3n) is 6.99. The SMILES string of the molecule is COc1ccc(CCC(=O)N2CCC(N3C(=O)C(OC)C34CCOCC4)CC2)cc1. The Balaban J connectivity index is 1.30. The lowest BCUT2D eigenvalue weighted by molar-refractivity contribution is -0.213. The molecule has 1 aromatic carbocycles. The van der Waals surface area contributed by atoms with Crippen LogP contribution in [0.1, 0.15) is 37.7 Å². The van der Waals surface area contributed by atoms with Crippen LogP contribution in [0.25, 0.3) is 0 Å². The van der Waals surface area contributed by atoms with Crippen molar-refractivity contribution in [1.82, 2.24) is 9.80 Å². The van der Waals surface area contributed by atoms with Gasteiger partial charge in [-0.15, -0.1) is 0 Å². The van der Waals surface area contributed by atoms with E-state index in [0.717, 1.165) is 43.4 Å². The van der Waals surface area contributed by atoms with E-state index in [0.29, 0.717) is 32.7 Å². The first-order chi connectivity index (χ1) is 14.6. The molecule has 164 valence electrons. The van der Waals surface area contributed by atoms with E-state index in [1.165, 1.54) is 0 Å². The molecule has 3 saturated heterocycles. The average molecular weight is 417 g/mol. The molecule has 1 spiro atoms. The zero-order valence-corrected chi connectivity index (χ0v) is 18.0. The van der Waals surface area contributed by atoms with E-state index in [1.54, 1.807) is 14.2 Å². The van der Waals surface area contributed by atoms with Crippen molar-refractivity contribution >= 4 is 11.8 Å². The fraction of sp³-hybridized carbons (Fsp3) is 0.652. The van der Waals surface area contributed by atoms with Gasteiger partial charge in [-0.1, -0.05) is 12.1 Å². The third kappa shape index (κ3) is 3.81. The van der Waals surface area contributed by atoms with E-state index in [4.69, 9.17) is 14.2 Å². The third-order valence-corrected chi connectivity index (χ3v) is 6.99. The van der Waals surface area contributed by atoms with Crippen molar-refractivity contribution < 1.29 is 23.8 Å². The Labute approximate surface area is 178 Å². The van der Waals surface area contributed by atoms with Gasteiger partial charge in [-0.05, 0) is 49.8 Å². The highest BCUT2D eigenvalue weighted by Crippen LogP contribution is 2.45. The number of methoxy groups -OCH3 is 2. The molecule has 1 atom stereocenters. The van der Waals surface area contributed by atoms with Crippen molar-refractivity contribution in [3.63, 3.8) is 0 Å². The Bertz CT molecular complexity index is 751. The van der Waals surface area contributed by atoms with Gasteiger partial charge in [0.15, 0.2) is 6.10 Å². The lowest BCUT2D eigenvalue weighted by Crippen LogP contribution is -2.79. The highest BCUT2D eigenvalue weighted by Gasteiger charge is 2.62. The monoisotopic (exact) mass is 416 g/mol. The van der Waals surface area contributed by atoms with E-state index in [2.05, 4.69) is 4.90 Å². The van der Waals surface area contributed by atoms with E-state index < -0.39 is 0 Å². The van der Waals surface area contributed by atoms with Gasteiger partial charge in [0.1, 0.15) is 5.75 Å². The second-order valence-corrected chi connectivity index (χ2v) is 8.50. The summed E-state index contributed by atoms with van der Waals surface area (Å²) < 4.78 is 16.3. The van der Waals surface area contributed by atoms with Crippen molar-refractivity contribution in [3.05, 3.63) is 29.8 Å². The summed E-state index contributed by atoms with van der Waals surface area (Å²) in [5.74, 6) is 1.11. The van der Waals surface area contributed by atoms with Gasteiger partial charge in [0, 0.05) is 45.9 Å². The number of carbonyl (C=O) groups excluding carboxylic acids is 2. The number of likely N-dealkylation sites (tertiary alicyclic amines) is 2. The summed E-state index contributed by atoms with van der Waals surface area (Å²) in [7, 11) is 3.27. The molecule has 3 fully saturated rings. The lowest BCUT2D eigenvalue weighted by atomic mass is 9.72. The van der Waals surface area contributed by atoms with Crippen LogP contribution in [0.2, 0.25) is 0 Å². The van der Waals surface area contributed by atoms with Crippen molar-refractivity contribution in [2.45, 2.75) is 56.2 Å². The van der Waals surface area contributed by atoms with Crippen LogP contribution < -0.4 is 4.74 Å². The molecule has 7 nitrogen and oxygen atoms in total. The summed E-state index contributed by atoms with van der Waals surface area (Å²) in [5, 5.41) is 0. The molecule has 1 aromatic rings. The second kappa shape index (κ2) is 8.94. The number of hydrogen-bond donors (Lipinski definition) is 0. The van der Waals surface area contributed by atoms with Crippen molar-refractivity contribution in [1.29, 1.82) is 0 Å². The highest BCUT2D eigenvalue weighted by molar-refractivity contribution is 5.91. The van der Waals surface area contributed by atoms with Crippen LogP contribution in [-0.4, -0.2) is 79.8 Å². The molecule has 2 amide bonds. The van der Waals surface area contributed by atoms with Crippen molar-refractivity contribution in [2.24, 2.45) is 0 Å². The molecule has 3 aliphatic heterocycles. The molecule has 0 aromatic heterocycles. The molecule has 0 bridgehead atoms. The van der Waals surface area contributed by atoms with Crippen LogP contribution in [0.15, 0.2) is 24.3 Å². The molecule has 3 heterocycles. The first kappa shape index (κ1) is 21.1. The number of β-lactam (4-membered cyclic amide) rings is 1. The molecule has 1 unspecified atom stereocenters. The van der Waals surface area contributed by atoms with Gasteiger partial charge in [-0.3, -0.25) is 9.59 Å². The van der Waals surface area contributed by atoms with Gasteiger partial charge in [-0.2, -0.15) is 0 Å². The molecule has 0 aliphatic carbocycles. The molecule has 0 radical (unpaired) electrons. The fourth-order valence-electron chi connectivity index (χ4n) is 5.30. The smallest absolute Gasteiger partial charge is 0.254 e. The largest absolute Gasteiger partial charge is 0.497 e. The number of ether oxygens (including phenoxy) is 3. The van der Waals surface area contributed by atoms with Gasteiger partial charge in [0.2, 0.25) is 5.91 Å². The first-order valence-corrected chi connectivity index (χ1v) is 10.9. The number of aryl methyl sites for hydroxylation is 1. The quantitative estimate of drug-likeness (QED) is 0.664. The summed E-state index contributed by atoms with van der Waals surface area (Å²) in [5.41, 5.74) is 0.923. The van der Waals surface area contributed by atoms with Crippen LogP contribution in [0, 0.1) is 0 Å². The lowest BCUT2D eigenvalue weighted by Gasteiger charge is -2.61. The summed E-state index contributed by atoms with van der Waals surface area (Å²) in [4.78, 5) is 29.5. The standard InChI is InChI=1S/C23H32N2O5/c1-28-19-6-3-17(4-7-19)5-8-20(26)24-13-9-18(10-14-24)25-22(27)21(29-2)23(25)11-15-30-16-12-23/h3-4,6-7,18,21H,5,8-16H2,1-2H3. The Morgan fingerprint density at radius 3 is 2.40 bits per heavy atom. The fourth-order valence-corrected chi connectivity index (χ4v) is 5.30. The van der Waals surface area contributed by atoms with Crippen molar-refractivity contribution in [2.75, 3.05) is 40.5 Å². The van der Waals surface area contributed by atoms with E-state index in [9.17, 15) is 9.59 Å². The van der Waals surface area contributed by atoms with Crippen LogP contribution in [0.3, 0.4) is 0 Å². The predicted molar refractivity (Wildman–Crippen MR) is 111 cm³/mol. The van der Waals surface area contributed by atoms with Crippen LogP contribution >= 0.6 is 0 Å². The Morgan fingerprint density at radius 1 is 1.13 bits per heavy atom.